The predicted octanol–water partition coefficient (Wildman–Crippen LogP) is 1.66. The molecule has 2 aliphatic rings. The number of hydrogen-bond acceptors (Lipinski definition) is 4. The molecular weight excluding hydrogens is 316 g/mol. The van der Waals surface area contributed by atoms with Crippen molar-refractivity contribution in [2.45, 2.75) is 38.1 Å². The zero-order valence-electron chi connectivity index (χ0n) is 14.1. The molecule has 1 saturated heterocycles. The van der Waals surface area contributed by atoms with Gasteiger partial charge in [0.25, 0.3) is 11.5 Å². The molecule has 6 heteroatoms. The third-order valence-electron chi connectivity index (χ3n) is 5.06. The standard InChI is InChI=1S/C19H22N4O2/c24-18(15-11-13-5-3-7-16(13)22-19(15)25)21-14-6-4-10-23(12-14)17-8-1-2-9-20-17/h1-2,8-9,11,14H,3-7,10,12H2,(H,21,24)(H,22,25). The zero-order valence-corrected chi connectivity index (χ0v) is 14.1. The molecular formula is C19H22N4O2. The number of H-pyrrole nitrogens is 1. The fourth-order valence-corrected chi connectivity index (χ4v) is 3.79. The summed E-state index contributed by atoms with van der Waals surface area (Å²) < 4.78 is 0. The van der Waals surface area contributed by atoms with Gasteiger partial charge >= 0.3 is 0 Å². The molecule has 0 bridgehead atoms. The van der Waals surface area contributed by atoms with E-state index in [0.29, 0.717) is 6.54 Å². The van der Waals surface area contributed by atoms with Crippen LogP contribution in [-0.4, -0.2) is 35.0 Å². The third-order valence-corrected chi connectivity index (χ3v) is 5.06. The first-order valence-electron chi connectivity index (χ1n) is 8.92. The Labute approximate surface area is 146 Å². The van der Waals surface area contributed by atoms with Gasteiger partial charge in [0.05, 0.1) is 0 Å². The number of aromatic amines is 1. The minimum atomic E-state index is -0.282. The van der Waals surface area contributed by atoms with Crippen LogP contribution in [0.25, 0.3) is 0 Å². The lowest BCUT2D eigenvalue weighted by Gasteiger charge is -2.33. The lowest BCUT2D eigenvalue weighted by atomic mass is 10.0. The van der Waals surface area contributed by atoms with E-state index in [9.17, 15) is 9.59 Å². The topological polar surface area (TPSA) is 78.1 Å². The van der Waals surface area contributed by atoms with E-state index < -0.39 is 0 Å². The molecule has 1 amide bonds. The molecule has 2 aromatic heterocycles. The van der Waals surface area contributed by atoms with Crippen LogP contribution in [0.3, 0.4) is 0 Å². The van der Waals surface area contributed by atoms with Crippen molar-refractivity contribution >= 4 is 11.7 Å². The van der Waals surface area contributed by atoms with Crippen LogP contribution in [0.2, 0.25) is 0 Å². The number of nitrogens with one attached hydrogen (secondary N) is 2. The molecule has 0 radical (unpaired) electrons. The van der Waals surface area contributed by atoms with Crippen LogP contribution < -0.4 is 15.8 Å². The van der Waals surface area contributed by atoms with Crippen LogP contribution in [0.5, 0.6) is 0 Å². The Morgan fingerprint density at radius 2 is 2.20 bits per heavy atom. The molecule has 1 atom stereocenters. The van der Waals surface area contributed by atoms with Gasteiger partial charge in [-0.3, -0.25) is 9.59 Å². The summed E-state index contributed by atoms with van der Waals surface area (Å²) in [5, 5.41) is 3.04. The number of aromatic nitrogens is 2. The Morgan fingerprint density at radius 3 is 3.04 bits per heavy atom. The smallest absolute Gasteiger partial charge is 0.261 e. The first-order chi connectivity index (χ1) is 12.2. The second kappa shape index (κ2) is 6.70. The fraction of sp³-hybridized carbons (Fsp3) is 0.421. The first-order valence-corrected chi connectivity index (χ1v) is 8.92. The van der Waals surface area contributed by atoms with E-state index in [2.05, 4.69) is 20.2 Å². The molecule has 1 unspecified atom stereocenters. The maximum Gasteiger partial charge on any atom is 0.261 e. The van der Waals surface area contributed by atoms with Gasteiger partial charge in [-0.2, -0.15) is 0 Å². The summed E-state index contributed by atoms with van der Waals surface area (Å²) in [7, 11) is 0. The lowest BCUT2D eigenvalue weighted by Crippen LogP contribution is -2.48. The molecule has 3 heterocycles. The van der Waals surface area contributed by atoms with Crippen molar-refractivity contribution in [3.05, 3.63) is 57.6 Å². The molecule has 0 aromatic carbocycles. The van der Waals surface area contributed by atoms with Crippen molar-refractivity contribution in [3.8, 4) is 0 Å². The van der Waals surface area contributed by atoms with Crippen LogP contribution in [0.15, 0.2) is 35.3 Å². The fourth-order valence-electron chi connectivity index (χ4n) is 3.79. The van der Waals surface area contributed by atoms with Gasteiger partial charge in [-0.1, -0.05) is 6.07 Å². The molecule has 0 spiro atoms. The van der Waals surface area contributed by atoms with E-state index in [1.807, 2.05) is 18.2 Å². The highest BCUT2D eigenvalue weighted by atomic mass is 16.2. The number of rotatable bonds is 3. The Hall–Kier alpha value is -2.63. The van der Waals surface area contributed by atoms with Gasteiger partial charge in [0, 0.05) is 31.0 Å². The van der Waals surface area contributed by atoms with Crippen molar-refractivity contribution in [2.24, 2.45) is 0 Å². The summed E-state index contributed by atoms with van der Waals surface area (Å²) in [5.41, 5.74) is 2.04. The van der Waals surface area contributed by atoms with E-state index in [1.54, 1.807) is 12.3 Å². The molecule has 1 aliphatic carbocycles. The molecule has 1 aliphatic heterocycles. The third kappa shape index (κ3) is 3.29. The number of hydrogen-bond donors (Lipinski definition) is 2. The van der Waals surface area contributed by atoms with Crippen LogP contribution >= 0.6 is 0 Å². The number of pyridine rings is 2. The minimum absolute atomic E-state index is 0.0240. The maximum absolute atomic E-state index is 12.6. The van der Waals surface area contributed by atoms with Gasteiger partial charge in [0.2, 0.25) is 0 Å². The number of anilines is 1. The number of piperidine rings is 1. The molecule has 1 fully saturated rings. The van der Waals surface area contributed by atoms with Crippen molar-refractivity contribution in [1.29, 1.82) is 0 Å². The molecule has 0 saturated carbocycles. The Bertz CT molecular complexity index is 831. The summed E-state index contributed by atoms with van der Waals surface area (Å²) in [6.45, 7) is 1.65. The van der Waals surface area contributed by atoms with Gasteiger partial charge in [0.15, 0.2) is 0 Å². The van der Waals surface area contributed by atoms with Crippen molar-refractivity contribution < 1.29 is 4.79 Å². The van der Waals surface area contributed by atoms with E-state index in [1.165, 1.54) is 0 Å². The Morgan fingerprint density at radius 1 is 1.28 bits per heavy atom. The Kier molecular flexibility index (Phi) is 4.26. The van der Waals surface area contributed by atoms with E-state index in [0.717, 1.165) is 55.7 Å². The van der Waals surface area contributed by atoms with Crippen LogP contribution in [0, 0.1) is 0 Å². The highest BCUT2D eigenvalue weighted by molar-refractivity contribution is 5.94. The largest absolute Gasteiger partial charge is 0.355 e. The van der Waals surface area contributed by atoms with Gasteiger partial charge in [-0.05, 0) is 55.9 Å². The van der Waals surface area contributed by atoms with Crippen LogP contribution in [0.4, 0.5) is 5.82 Å². The lowest BCUT2D eigenvalue weighted by molar-refractivity contribution is 0.0931. The minimum Gasteiger partial charge on any atom is -0.355 e. The number of amides is 1. The number of nitrogens with zero attached hydrogens (tertiary/aromatic N) is 2. The van der Waals surface area contributed by atoms with Gasteiger partial charge < -0.3 is 15.2 Å². The molecule has 2 N–H and O–H groups in total. The number of aryl methyl sites for hydroxylation is 2. The number of fused-ring (bicyclic) bond motifs is 1. The van der Waals surface area contributed by atoms with Crippen LogP contribution in [-0.2, 0) is 12.8 Å². The summed E-state index contributed by atoms with van der Waals surface area (Å²) in [6, 6.07) is 7.64. The highest BCUT2D eigenvalue weighted by Crippen LogP contribution is 2.20. The average molecular weight is 338 g/mol. The normalized spacial score (nSPS) is 19.5. The predicted molar refractivity (Wildman–Crippen MR) is 96.0 cm³/mol. The van der Waals surface area contributed by atoms with Crippen molar-refractivity contribution in [2.75, 3.05) is 18.0 Å². The highest BCUT2D eigenvalue weighted by Gasteiger charge is 2.24. The van der Waals surface area contributed by atoms with Crippen molar-refractivity contribution in [3.63, 3.8) is 0 Å². The quantitative estimate of drug-likeness (QED) is 0.892. The van der Waals surface area contributed by atoms with Crippen molar-refractivity contribution in [1.82, 2.24) is 15.3 Å². The average Bonchev–Trinajstić information content (AvgIpc) is 3.09. The molecule has 4 rings (SSSR count). The SMILES string of the molecule is O=C(NC1CCCN(c2ccccn2)C1)c1cc2c([nH]c1=O)CCC2. The summed E-state index contributed by atoms with van der Waals surface area (Å²) in [4.78, 5) is 34.3. The summed E-state index contributed by atoms with van der Waals surface area (Å²) >= 11 is 0. The number of carbonyl (C=O) groups is 1. The summed E-state index contributed by atoms with van der Waals surface area (Å²) in [5.74, 6) is 0.653. The van der Waals surface area contributed by atoms with Crippen LogP contribution in [0.1, 0.15) is 40.9 Å². The van der Waals surface area contributed by atoms with E-state index >= 15 is 0 Å². The first kappa shape index (κ1) is 15.9. The summed E-state index contributed by atoms with van der Waals surface area (Å²) in [6.07, 6.45) is 6.55. The monoisotopic (exact) mass is 338 g/mol. The van der Waals surface area contributed by atoms with Gasteiger partial charge in [0.1, 0.15) is 11.4 Å². The number of carbonyl (C=O) groups excluding carboxylic acids is 1. The van der Waals surface area contributed by atoms with Gasteiger partial charge in [-0.15, -0.1) is 0 Å². The van der Waals surface area contributed by atoms with Gasteiger partial charge in [-0.25, -0.2) is 4.98 Å². The van der Waals surface area contributed by atoms with E-state index in [4.69, 9.17) is 0 Å². The molecule has 25 heavy (non-hydrogen) atoms. The molecule has 6 nitrogen and oxygen atoms in total. The second-order valence-electron chi connectivity index (χ2n) is 6.82. The Balaban J connectivity index is 1.47. The second-order valence-corrected chi connectivity index (χ2v) is 6.82. The molecule has 130 valence electrons. The molecule has 2 aromatic rings. The maximum atomic E-state index is 12.6. The zero-order chi connectivity index (χ0) is 17.2. The van der Waals surface area contributed by atoms with E-state index in [-0.39, 0.29) is 23.1 Å².